The molecule has 0 atom stereocenters. The summed E-state index contributed by atoms with van der Waals surface area (Å²) >= 11 is 0. The monoisotopic (exact) mass is 370 g/mol. The van der Waals surface area contributed by atoms with Gasteiger partial charge in [-0.1, -0.05) is 67.1 Å². The first-order chi connectivity index (χ1) is 13.3. The van der Waals surface area contributed by atoms with E-state index in [9.17, 15) is 10.2 Å². The van der Waals surface area contributed by atoms with E-state index in [0.717, 1.165) is 58.5 Å². The standard InChI is InChI=1S/C23H34N2O2/c26-18-16-24(20-22-10-4-1-5-11-22)14-8-3-9-15-25(17-19-27)21-23-12-6-2-7-13-23/h1-2,4-7,10-13,26-27H,3,8-9,14-21H2. The molecule has 0 aliphatic carbocycles. The number of aliphatic hydroxyl groups is 2. The Kier molecular flexibility index (Phi) is 10.7. The van der Waals surface area contributed by atoms with Crippen LogP contribution in [-0.4, -0.2) is 59.4 Å². The van der Waals surface area contributed by atoms with Gasteiger partial charge in [0.25, 0.3) is 0 Å². The predicted octanol–water partition coefficient (Wildman–Crippen LogP) is 3.15. The van der Waals surface area contributed by atoms with Gasteiger partial charge in [-0.15, -0.1) is 0 Å². The lowest BCUT2D eigenvalue weighted by molar-refractivity contribution is 0.179. The number of nitrogens with zero attached hydrogens (tertiary/aromatic N) is 2. The van der Waals surface area contributed by atoms with Gasteiger partial charge in [-0.25, -0.2) is 0 Å². The average molecular weight is 371 g/mol. The Morgan fingerprint density at radius 1 is 0.519 bits per heavy atom. The normalized spacial score (nSPS) is 11.4. The number of aliphatic hydroxyl groups excluding tert-OH is 2. The lowest BCUT2D eigenvalue weighted by Crippen LogP contribution is -2.29. The van der Waals surface area contributed by atoms with Gasteiger partial charge in [0.2, 0.25) is 0 Å². The summed E-state index contributed by atoms with van der Waals surface area (Å²) in [6, 6.07) is 20.9. The Morgan fingerprint density at radius 2 is 0.926 bits per heavy atom. The van der Waals surface area contributed by atoms with E-state index in [-0.39, 0.29) is 13.2 Å². The van der Waals surface area contributed by atoms with E-state index in [2.05, 4.69) is 58.3 Å². The fourth-order valence-electron chi connectivity index (χ4n) is 3.35. The molecular weight excluding hydrogens is 336 g/mol. The number of unbranched alkanes of at least 4 members (excludes halogenated alkanes) is 2. The predicted molar refractivity (Wildman–Crippen MR) is 111 cm³/mol. The van der Waals surface area contributed by atoms with Crippen LogP contribution in [0, 0.1) is 0 Å². The second kappa shape index (κ2) is 13.4. The van der Waals surface area contributed by atoms with Crippen LogP contribution in [-0.2, 0) is 13.1 Å². The molecule has 0 saturated heterocycles. The average Bonchev–Trinajstić information content (AvgIpc) is 2.69. The van der Waals surface area contributed by atoms with Gasteiger partial charge in [0.15, 0.2) is 0 Å². The molecule has 2 rings (SSSR count). The van der Waals surface area contributed by atoms with Crippen molar-refractivity contribution in [1.29, 1.82) is 0 Å². The number of hydrogen-bond donors (Lipinski definition) is 2. The van der Waals surface area contributed by atoms with Crippen LogP contribution in [0.4, 0.5) is 0 Å². The maximum Gasteiger partial charge on any atom is 0.0558 e. The molecule has 0 spiro atoms. The SMILES string of the molecule is OCCN(CCCCCN(CCO)Cc1ccccc1)Cc1ccccc1. The highest BCUT2D eigenvalue weighted by Gasteiger charge is 2.07. The number of benzene rings is 2. The van der Waals surface area contributed by atoms with Crippen molar-refractivity contribution in [1.82, 2.24) is 9.80 Å². The summed E-state index contributed by atoms with van der Waals surface area (Å²) < 4.78 is 0. The van der Waals surface area contributed by atoms with E-state index in [1.807, 2.05) is 12.1 Å². The number of hydrogen-bond acceptors (Lipinski definition) is 4. The Hall–Kier alpha value is -1.72. The maximum atomic E-state index is 9.32. The first kappa shape index (κ1) is 21.6. The zero-order chi connectivity index (χ0) is 19.2. The van der Waals surface area contributed by atoms with Crippen LogP contribution >= 0.6 is 0 Å². The quantitative estimate of drug-likeness (QED) is 0.502. The minimum Gasteiger partial charge on any atom is -0.395 e. The van der Waals surface area contributed by atoms with Gasteiger partial charge in [0.05, 0.1) is 13.2 Å². The summed E-state index contributed by atoms with van der Waals surface area (Å²) in [6.45, 7) is 5.65. The molecule has 0 unspecified atom stereocenters. The molecule has 0 heterocycles. The molecule has 0 aromatic heterocycles. The van der Waals surface area contributed by atoms with Crippen LogP contribution in [0.5, 0.6) is 0 Å². The van der Waals surface area contributed by atoms with Gasteiger partial charge in [0.1, 0.15) is 0 Å². The third-order valence-electron chi connectivity index (χ3n) is 4.78. The van der Waals surface area contributed by atoms with Gasteiger partial charge < -0.3 is 10.2 Å². The zero-order valence-corrected chi connectivity index (χ0v) is 16.3. The highest BCUT2D eigenvalue weighted by atomic mass is 16.3. The molecule has 0 aliphatic heterocycles. The molecular formula is C23H34N2O2. The molecule has 148 valence electrons. The Morgan fingerprint density at radius 3 is 1.30 bits per heavy atom. The van der Waals surface area contributed by atoms with Crippen molar-refractivity contribution < 1.29 is 10.2 Å². The molecule has 27 heavy (non-hydrogen) atoms. The first-order valence-electron chi connectivity index (χ1n) is 10.1. The Balaban J connectivity index is 1.68. The second-order valence-corrected chi connectivity index (χ2v) is 7.03. The van der Waals surface area contributed by atoms with E-state index >= 15 is 0 Å². The highest BCUT2D eigenvalue weighted by molar-refractivity contribution is 5.15. The smallest absolute Gasteiger partial charge is 0.0558 e. The molecule has 4 heteroatoms. The minimum atomic E-state index is 0.203. The van der Waals surface area contributed by atoms with E-state index in [4.69, 9.17) is 0 Å². The molecule has 2 aromatic carbocycles. The van der Waals surface area contributed by atoms with Crippen molar-refractivity contribution in [3.8, 4) is 0 Å². The molecule has 0 fully saturated rings. The molecule has 0 bridgehead atoms. The second-order valence-electron chi connectivity index (χ2n) is 7.03. The molecule has 0 radical (unpaired) electrons. The zero-order valence-electron chi connectivity index (χ0n) is 16.3. The van der Waals surface area contributed by atoms with Gasteiger partial charge in [-0.05, 0) is 37.1 Å². The van der Waals surface area contributed by atoms with Gasteiger partial charge in [0, 0.05) is 26.2 Å². The summed E-state index contributed by atoms with van der Waals surface area (Å²) in [7, 11) is 0. The van der Waals surface area contributed by atoms with Gasteiger partial charge >= 0.3 is 0 Å². The van der Waals surface area contributed by atoms with Crippen LogP contribution in [0.2, 0.25) is 0 Å². The fourth-order valence-corrected chi connectivity index (χ4v) is 3.35. The van der Waals surface area contributed by atoms with Gasteiger partial charge in [-0.3, -0.25) is 9.80 Å². The molecule has 4 nitrogen and oxygen atoms in total. The summed E-state index contributed by atoms with van der Waals surface area (Å²) in [5.74, 6) is 0. The highest BCUT2D eigenvalue weighted by Crippen LogP contribution is 2.09. The van der Waals surface area contributed by atoms with Crippen LogP contribution < -0.4 is 0 Å². The lowest BCUT2D eigenvalue weighted by atomic mass is 10.1. The topological polar surface area (TPSA) is 46.9 Å². The van der Waals surface area contributed by atoms with Crippen LogP contribution in [0.3, 0.4) is 0 Å². The minimum absolute atomic E-state index is 0.203. The van der Waals surface area contributed by atoms with E-state index in [1.54, 1.807) is 0 Å². The van der Waals surface area contributed by atoms with Crippen molar-refractivity contribution in [3.63, 3.8) is 0 Å². The van der Waals surface area contributed by atoms with Crippen LogP contribution in [0.15, 0.2) is 60.7 Å². The van der Waals surface area contributed by atoms with E-state index in [0.29, 0.717) is 0 Å². The summed E-state index contributed by atoms with van der Waals surface area (Å²) in [6.07, 6.45) is 3.42. The van der Waals surface area contributed by atoms with Crippen molar-refractivity contribution in [2.75, 3.05) is 39.4 Å². The van der Waals surface area contributed by atoms with Gasteiger partial charge in [-0.2, -0.15) is 0 Å². The molecule has 0 saturated carbocycles. The van der Waals surface area contributed by atoms with Crippen molar-refractivity contribution in [2.24, 2.45) is 0 Å². The summed E-state index contributed by atoms with van der Waals surface area (Å²) in [5, 5.41) is 18.6. The fraction of sp³-hybridized carbons (Fsp3) is 0.478. The van der Waals surface area contributed by atoms with Crippen molar-refractivity contribution in [3.05, 3.63) is 71.8 Å². The number of rotatable bonds is 14. The largest absolute Gasteiger partial charge is 0.395 e. The third kappa shape index (κ3) is 9.16. The third-order valence-corrected chi connectivity index (χ3v) is 4.78. The van der Waals surface area contributed by atoms with Crippen LogP contribution in [0.25, 0.3) is 0 Å². The molecule has 0 amide bonds. The van der Waals surface area contributed by atoms with E-state index < -0.39 is 0 Å². The van der Waals surface area contributed by atoms with Crippen molar-refractivity contribution >= 4 is 0 Å². The molecule has 2 N–H and O–H groups in total. The maximum absolute atomic E-state index is 9.32. The van der Waals surface area contributed by atoms with Crippen LogP contribution in [0.1, 0.15) is 30.4 Å². The first-order valence-corrected chi connectivity index (χ1v) is 10.1. The molecule has 2 aromatic rings. The summed E-state index contributed by atoms with van der Waals surface area (Å²) in [4.78, 5) is 4.65. The van der Waals surface area contributed by atoms with Crippen molar-refractivity contribution in [2.45, 2.75) is 32.4 Å². The summed E-state index contributed by atoms with van der Waals surface area (Å²) in [5.41, 5.74) is 2.59. The Bertz CT molecular complexity index is 538. The molecule has 0 aliphatic rings. The van der Waals surface area contributed by atoms with E-state index in [1.165, 1.54) is 11.1 Å². The Labute approximate surface area is 164 Å². The lowest BCUT2D eigenvalue weighted by Gasteiger charge is -2.23.